The quantitative estimate of drug-likeness (QED) is 0.292. The molecule has 1 unspecified atom stereocenters. The summed E-state index contributed by atoms with van der Waals surface area (Å²) in [5.41, 5.74) is 0.607. The molecule has 0 N–H and O–H groups in total. The van der Waals surface area contributed by atoms with E-state index in [1.807, 2.05) is 69.3 Å². The Balaban J connectivity index is 2.07. The van der Waals surface area contributed by atoms with Crippen molar-refractivity contribution in [3.05, 3.63) is 96.3 Å². The van der Waals surface area contributed by atoms with Crippen LogP contribution >= 0.6 is 0 Å². The third-order valence-electron chi connectivity index (χ3n) is 4.74. The predicted molar refractivity (Wildman–Crippen MR) is 120 cm³/mol. The van der Waals surface area contributed by atoms with Crippen molar-refractivity contribution in [2.24, 2.45) is 0 Å². The minimum absolute atomic E-state index is 0.300. The summed E-state index contributed by atoms with van der Waals surface area (Å²) in [6.07, 6.45) is 2.82. The van der Waals surface area contributed by atoms with Gasteiger partial charge in [0.2, 0.25) is 0 Å². The van der Waals surface area contributed by atoms with E-state index in [0.29, 0.717) is 5.75 Å². The number of benzene rings is 3. The van der Waals surface area contributed by atoms with Gasteiger partial charge in [-0.05, 0) is 69.7 Å². The zero-order valence-corrected chi connectivity index (χ0v) is 18.3. The van der Waals surface area contributed by atoms with E-state index in [-0.39, 0.29) is 16.7 Å². The molecule has 0 radical (unpaired) electrons. The molecule has 0 saturated heterocycles. The van der Waals surface area contributed by atoms with Gasteiger partial charge in [-0.3, -0.25) is 0 Å². The zero-order valence-electron chi connectivity index (χ0n) is 17.5. The normalized spacial score (nSPS) is 13.0. The van der Waals surface area contributed by atoms with Gasteiger partial charge in [0.05, 0.1) is 10.9 Å². The highest BCUT2D eigenvalue weighted by Crippen LogP contribution is 2.35. The SMILES string of the molecule is CCC(C)(C=C(C)C)Oc1cc([S+](c2ccccc2)c2ccccc2)ccc1F. The smallest absolute Gasteiger partial charge is 0.170 e. The number of rotatable bonds is 7. The van der Waals surface area contributed by atoms with Crippen molar-refractivity contribution < 1.29 is 9.13 Å². The fraction of sp³-hybridized carbons (Fsp3) is 0.231. The first-order valence-corrected chi connectivity index (χ1v) is 11.1. The first kappa shape index (κ1) is 21.2. The Morgan fingerprint density at radius 2 is 1.45 bits per heavy atom. The molecule has 0 fully saturated rings. The Morgan fingerprint density at radius 1 is 0.897 bits per heavy atom. The second kappa shape index (κ2) is 9.32. The van der Waals surface area contributed by atoms with E-state index in [1.165, 1.54) is 15.9 Å². The highest BCUT2D eigenvalue weighted by atomic mass is 32.2. The van der Waals surface area contributed by atoms with Crippen LogP contribution in [0.15, 0.2) is 105 Å². The van der Waals surface area contributed by atoms with Gasteiger partial charge in [-0.25, -0.2) is 4.39 Å². The summed E-state index contributed by atoms with van der Waals surface area (Å²) in [5.74, 6) is -0.0334. The van der Waals surface area contributed by atoms with Crippen LogP contribution in [-0.2, 0) is 10.9 Å². The van der Waals surface area contributed by atoms with Gasteiger partial charge in [0, 0.05) is 6.07 Å². The van der Waals surface area contributed by atoms with Crippen LogP contribution < -0.4 is 4.74 Å². The topological polar surface area (TPSA) is 9.23 Å². The minimum Gasteiger partial charge on any atom is -0.480 e. The lowest BCUT2D eigenvalue weighted by molar-refractivity contribution is 0.128. The Kier molecular flexibility index (Phi) is 6.81. The molecule has 1 atom stereocenters. The van der Waals surface area contributed by atoms with Crippen molar-refractivity contribution in [2.75, 3.05) is 0 Å². The maximum atomic E-state index is 14.7. The molecule has 0 aliphatic rings. The third-order valence-corrected chi connectivity index (χ3v) is 6.95. The van der Waals surface area contributed by atoms with E-state index in [4.69, 9.17) is 4.74 Å². The molecule has 0 saturated carbocycles. The van der Waals surface area contributed by atoms with Crippen molar-refractivity contribution in [1.82, 2.24) is 0 Å². The number of halogens is 1. The lowest BCUT2D eigenvalue weighted by Crippen LogP contribution is -2.29. The van der Waals surface area contributed by atoms with Crippen LogP contribution in [0.2, 0.25) is 0 Å². The van der Waals surface area contributed by atoms with Gasteiger partial charge >= 0.3 is 0 Å². The van der Waals surface area contributed by atoms with E-state index in [2.05, 4.69) is 37.3 Å². The van der Waals surface area contributed by atoms with Crippen LogP contribution in [0.3, 0.4) is 0 Å². The van der Waals surface area contributed by atoms with Gasteiger partial charge in [-0.15, -0.1) is 0 Å². The summed E-state index contributed by atoms with van der Waals surface area (Å²) in [7, 11) is -0.336. The van der Waals surface area contributed by atoms with E-state index < -0.39 is 5.60 Å². The molecule has 0 spiro atoms. The van der Waals surface area contributed by atoms with Gasteiger partial charge in [-0.2, -0.15) is 0 Å². The summed E-state index contributed by atoms with van der Waals surface area (Å²) >= 11 is 0. The lowest BCUT2D eigenvalue weighted by atomic mass is 10.0. The van der Waals surface area contributed by atoms with Crippen LogP contribution in [0.5, 0.6) is 5.75 Å². The molecular weight excluding hydrogens is 379 g/mol. The van der Waals surface area contributed by atoms with Crippen LogP contribution in [0, 0.1) is 5.82 Å². The van der Waals surface area contributed by atoms with Crippen LogP contribution in [-0.4, -0.2) is 5.60 Å². The standard InChI is InChI=1S/C26H28FOS/c1-5-26(4,19-20(2)3)28-25-18-23(16-17-24(25)27)29(21-12-8-6-9-13-21)22-14-10-7-11-15-22/h6-19H,5H2,1-4H3/q+1. The summed E-state index contributed by atoms with van der Waals surface area (Å²) in [6, 6.07) is 26.0. The minimum atomic E-state index is -0.545. The lowest BCUT2D eigenvalue weighted by Gasteiger charge is -2.27. The van der Waals surface area contributed by atoms with Crippen molar-refractivity contribution in [3.8, 4) is 5.75 Å². The van der Waals surface area contributed by atoms with Gasteiger partial charge in [0.15, 0.2) is 26.3 Å². The first-order chi connectivity index (χ1) is 13.9. The largest absolute Gasteiger partial charge is 0.480 e. The van der Waals surface area contributed by atoms with Crippen LogP contribution in [0.4, 0.5) is 4.39 Å². The predicted octanol–water partition coefficient (Wildman–Crippen LogP) is 7.43. The van der Waals surface area contributed by atoms with Crippen LogP contribution in [0.1, 0.15) is 34.1 Å². The number of ether oxygens (including phenoxy) is 1. The Hall–Kier alpha value is -2.52. The number of hydrogen-bond acceptors (Lipinski definition) is 1. The molecule has 1 nitrogen and oxygen atoms in total. The highest BCUT2D eigenvalue weighted by molar-refractivity contribution is 7.97. The molecule has 0 heterocycles. The third kappa shape index (κ3) is 5.30. The maximum Gasteiger partial charge on any atom is 0.170 e. The molecule has 0 aliphatic heterocycles. The van der Waals surface area contributed by atoms with Gasteiger partial charge < -0.3 is 4.74 Å². The highest BCUT2D eigenvalue weighted by Gasteiger charge is 2.31. The Bertz CT molecular complexity index is 925. The summed E-state index contributed by atoms with van der Waals surface area (Å²) < 4.78 is 20.9. The second-order valence-electron chi connectivity index (χ2n) is 7.51. The molecule has 0 aliphatic carbocycles. The zero-order chi connectivity index (χ0) is 20.9. The molecule has 0 amide bonds. The van der Waals surface area contributed by atoms with Crippen molar-refractivity contribution >= 4 is 10.9 Å². The molecule has 0 bridgehead atoms. The van der Waals surface area contributed by atoms with E-state index in [9.17, 15) is 4.39 Å². The fourth-order valence-electron chi connectivity index (χ4n) is 3.28. The van der Waals surface area contributed by atoms with Crippen molar-refractivity contribution in [2.45, 2.75) is 54.4 Å². The maximum absolute atomic E-state index is 14.7. The molecule has 3 aromatic carbocycles. The van der Waals surface area contributed by atoms with Crippen molar-refractivity contribution in [1.29, 1.82) is 0 Å². The average molecular weight is 408 g/mol. The molecule has 3 aromatic rings. The molecule has 3 rings (SSSR count). The molecule has 150 valence electrons. The fourth-order valence-corrected chi connectivity index (χ4v) is 5.38. The number of hydrogen-bond donors (Lipinski definition) is 0. The van der Waals surface area contributed by atoms with Gasteiger partial charge in [0.1, 0.15) is 5.60 Å². The Labute approximate surface area is 176 Å². The molecule has 0 aromatic heterocycles. The van der Waals surface area contributed by atoms with Crippen molar-refractivity contribution in [3.63, 3.8) is 0 Å². The second-order valence-corrected chi connectivity index (χ2v) is 9.54. The summed E-state index contributed by atoms with van der Waals surface area (Å²) in [4.78, 5) is 3.42. The van der Waals surface area contributed by atoms with E-state index >= 15 is 0 Å². The van der Waals surface area contributed by atoms with E-state index in [1.54, 1.807) is 0 Å². The average Bonchev–Trinajstić information content (AvgIpc) is 2.71. The summed E-state index contributed by atoms with van der Waals surface area (Å²) in [6.45, 7) is 8.12. The molecule has 3 heteroatoms. The molecule has 29 heavy (non-hydrogen) atoms. The number of allylic oxidation sites excluding steroid dienone is 1. The van der Waals surface area contributed by atoms with E-state index in [0.717, 1.165) is 16.9 Å². The first-order valence-electron chi connectivity index (χ1n) is 9.91. The monoisotopic (exact) mass is 407 g/mol. The summed E-state index contributed by atoms with van der Waals surface area (Å²) in [5, 5.41) is 0. The van der Waals surface area contributed by atoms with Gasteiger partial charge in [0.25, 0.3) is 0 Å². The van der Waals surface area contributed by atoms with Crippen LogP contribution in [0.25, 0.3) is 0 Å². The Morgan fingerprint density at radius 3 is 1.93 bits per heavy atom. The molecular formula is C26H28FOS+. The van der Waals surface area contributed by atoms with Gasteiger partial charge in [-0.1, -0.05) is 48.9 Å².